The molecule has 9 aromatic rings. The molecule has 1 aliphatic carbocycles. The molecule has 0 bridgehead atoms. The predicted molar refractivity (Wildman–Crippen MR) is 264 cm³/mol. The molecule has 304 valence electrons. The summed E-state index contributed by atoms with van der Waals surface area (Å²) in [5.74, 6) is 4.94. The van der Waals surface area contributed by atoms with Gasteiger partial charge in [-0.15, -0.1) is 0 Å². The maximum atomic E-state index is 7.15. The Morgan fingerprint density at radius 2 is 0.859 bits per heavy atom. The van der Waals surface area contributed by atoms with Crippen LogP contribution in [0.5, 0.6) is 23.0 Å². The molecule has 0 N–H and O–H groups in total. The van der Waals surface area contributed by atoms with Gasteiger partial charge in [0.05, 0.1) is 11.1 Å². The topological polar surface area (TPSA) is 57.1 Å². The van der Waals surface area contributed by atoms with Gasteiger partial charge >= 0.3 is 0 Å². The maximum Gasteiger partial charge on any atom is 0.188 e. The molecule has 0 saturated heterocycles. The van der Waals surface area contributed by atoms with Crippen molar-refractivity contribution in [2.75, 3.05) is 0 Å². The van der Waals surface area contributed by atoms with Crippen molar-refractivity contribution in [2.24, 2.45) is 0 Å². The minimum Gasteiger partial charge on any atom is -0.457 e. The average molecular weight is 856 g/mol. The molecule has 5 nitrogen and oxygen atoms in total. The van der Waals surface area contributed by atoms with Crippen LogP contribution >= 0.6 is 0 Å². The first kappa shape index (κ1) is 38.0. The van der Waals surface area contributed by atoms with Gasteiger partial charge in [-0.3, -0.25) is 0 Å². The van der Waals surface area contributed by atoms with E-state index in [1.54, 1.807) is 0 Å². The highest BCUT2D eigenvalue weighted by atomic mass is 28.3. The number of rotatable bonds is 7. The molecule has 64 heavy (non-hydrogen) atoms. The molecule has 3 aliphatic rings. The van der Waals surface area contributed by atoms with Crippen LogP contribution < -0.4 is 45.8 Å². The number of hydrogen-bond donors (Lipinski definition) is 0. The normalized spacial score (nSPS) is 17.5. The lowest BCUT2D eigenvalue weighted by atomic mass is 10.1. The van der Waals surface area contributed by atoms with E-state index in [0.717, 1.165) is 51.3 Å². The molecule has 0 saturated carbocycles. The molecule has 0 fully saturated rings. The van der Waals surface area contributed by atoms with Crippen LogP contribution in [0.1, 0.15) is 6.42 Å². The Bertz CT molecular complexity index is 3230. The van der Waals surface area contributed by atoms with Crippen LogP contribution in [0.25, 0.3) is 34.2 Å². The van der Waals surface area contributed by atoms with E-state index < -0.39 is 16.1 Å². The molecule has 0 radical (unpaired) electrons. The molecule has 2 aliphatic heterocycles. The molecule has 2 atom stereocenters. The summed E-state index contributed by atoms with van der Waals surface area (Å²) < 4.78 is 14.3. The fourth-order valence-electron chi connectivity index (χ4n) is 10.5. The summed E-state index contributed by atoms with van der Waals surface area (Å²) in [4.78, 5) is 16.1. The van der Waals surface area contributed by atoms with Gasteiger partial charge in [-0.1, -0.05) is 206 Å². The Kier molecular flexibility index (Phi) is 9.24. The summed E-state index contributed by atoms with van der Waals surface area (Å²) in [6, 6.07) is 73.4. The molecule has 8 aromatic carbocycles. The largest absolute Gasteiger partial charge is 0.457 e. The van der Waals surface area contributed by atoms with Crippen molar-refractivity contribution in [2.45, 2.75) is 12.0 Å². The van der Waals surface area contributed by atoms with E-state index in [9.17, 15) is 0 Å². The van der Waals surface area contributed by atoms with E-state index in [1.807, 2.05) is 18.2 Å². The molecule has 7 heteroatoms. The summed E-state index contributed by atoms with van der Waals surface area (Å²) in [6.07, 6.45) is 10.0. The number of para-hydroxylation sites is 4. The van der Waals surface area contributed by atoms with Gasteiger partial charge in [-0.25, -0.2) is 15.0 Å². The number of allylic oxidation sites excluding steroid dienone is 4. The van der Waals surface area contributed by atoms with Gasteiger partial charge in [0.15, 0.2) is 33.6 Å². The highest BCUT2D eigenvalue weighted by Gasteiger charge is 2.52. The van der Waals surface area contributed by atoms with Gasteiger partial charge in [-0.2, -0.15) is 0 Å². The van der Waals surface area contributed by atoms with E-state index in [0.29, 0.717) is 17.5 Å². The van der Waals surface area contributed by atoms with Crippen molar-refractivity contribution in [3.63, 3.8) is 0 Å². The molecule has 0 amide bonds. The molecule has 3 heterocycles. The summed E-state index contributed by atoms with van der Waals surface area (Å²) in [5.41, 5.74) is 2.77. The van der Waals surface area contributed by atoms with E-state index in [4.69, 9.17) is 24.4 Å². The Labute approximate surface area is 374 Å². The number of benzene rings is 8. The zero-order valence-electron chi connectivity index (χ0n) is 34.9. The van der Waals surface area contributed by atoms with Gasteiger partial charge in [0.2, 0.25) is 0 Å². The quantitative estimate of drug-likeness (QED) is 0.150. The van der Waals surface area contributed by atoms with Gasteiger partial charge in [-0.05, 0) is 72.5 Å². The summed E-state index contributed by atoms with van der Waals surface area (Å²) >= 11 is 0. The van der Waals surface area contributed by atoms with Crippen LogP contribution in [0.3, 0.4) is 0 Å². The molecular formula is C57H41N3O2Si2. The molecule has 1 aromatic heterocycles. The van der Waals surface area contributed by atoms with E-state index in [1.165, 1.54) is 31.1 Å². The average Bonchev–Trinajstić information content (AvgIpc) is 3.38. The third-order valence-corrected chi connectivity index (χ3v) is 23.3. The smallest absolute Gasteiger partial charge is 0.188 e. The number of aromatic nitrogens is 3. The number of nitrogens with zero attached hydrogens (tertiary/aromatic N) is 3. The van der Waals surface area contributed by atoms with Crippen LogP contribution in [0.2, 0.25) is 5.54 Å². The Hall–Kier alpha value is -7.72. The third kappa shape index (κ3) is 5.85. The highest BCUT2D eigenvalue weighted by Crippen LogP contribution is 2.43. The lowest BCUT2D eigenvalue weighted by molar-refractivity contribution is 0.487. The minimum absolute atomic E-state index is 0.252. The second kappa shape index (κ2) is 15.6. The van der Waals surface area contributed by atoms with Crippen LogP contribution in [0.15, 0.2) is 231 Å². The van der Waals surface area contributed by atoms with E-state index in [-0.39, 0.29) is 5.54 Å². The van der Waals surface area contributed by atoms with Gasteiger partial charge in [0.1, 0.15) is 23.0 Å². The highest BCUT2D eigenvalue weighted by molar-refractivity contribution is 7.21. The fourth-order valence-corrected chi connectivity index (χ4v) is 21.0. The first-order chi connectivity index (χ1) is 31.7. The zero-order valence-corrected chi connectivity index (χ0v) is 36.9. The fraction of sp³-hybridized carbons (Fsp3) is 0.0351. The third-order valence-electron chi connectivity index (χ3n) is 13.2. The second-order valence-corrected chi connectivity index (χ2v) is 24.3. The van der Waals surface area contributed by atoms with Crippen LogP contribution in [0.4, 0.5) is 0 Å². The summed E-state index contributed by atoms with van der Waals surface area (Å²) in [6.45, 7) is 0. The maximum absolute atomic E-state index is 7.15. The van der Waals surface area contributed by atoms with Crippen molar-refractivity contribution < 1.29 is 9.47 Å². The monoisotopic (exact) mass is 855 g/mol. The Morgan fingerprint density at radius 3 is 1.45 bits per heavy atom. The van der Waals surface area contributed by atoms with Crippen molar-refractivity contribution in [1.29, 1.82) is 0 Å². The first-order valence-corrected chi connectivity index (χ1v) is 26.0. The van der Waals surface area contributed by atoms with Crippen molar-refractivity contribution in [3.05, 3.63) is 231 Å². The summed E-state index contributed by atoms with van der Waals surface area (Å²) in [5, 5.41) is 8.74. The zero-order chi connectivity index (χ0) is 42.5. The SMILES string of the molecule is C1=CCC([Si]2(c3ccccc3)c3ccccc3Oc3c(-c4nc(-c5ccccc5)nc(-c5cccc6c5Oc5ccccc5[Si]6(c5ccccc5)c5ccccc5)n4)cccc32)C=C1. The van der Waals surface area contributed by atoms with Crippen molar-refractivity contribution in [1.82, 2.24) is 15.0 Å². The number of fused-ring (bicyclic) bond motifs is 4. The first-order valence-electron chi connectivity index (χ1n) is 21.9. The van der Waals surface area contributed by atoms with E-state index >= 15 is 0 Å². The Morgan fingerprint density at radius 1 is 0.391 bits per heavy atom. The van der Waals surface area contributed by atoms with Crippen molar-refractivity contribution >= 4 is 52.5 Å². The molecule has 2 unspecified atom stereocenters. The minimum atomic E-state index is -2.94. The molecular weight excluding hydrogens is 815 g/mol. The number of ether oxygens (including phenoxy) is 2. The van der Waals surface area contributed by atoms with Gasteiger partial charge in [0, 0.05) is 5.56 Å². The second-order valence-electron chi connectivity index (χ2n) is 16.5. The van der Waals surface area contributed by atoms with Crippen LogP contribution in [0, 0.1) is 0 Å². The van der Waals surface area contributed by atoms with E-state index in [2.05, 4.69) is 212 Å². The number of hydrogen-bond acceptors (Lipinski definition) is 5. The standard InChI is InChI=1S/C57H41N3O2Si2/c1-6-22-40(23-7-1)55-58-56(45-32-20-38-51-53(45)61-47-34-16-18-36-49(47)63(51,41-24-8-2-9-25-41)42-26-10-3-11-27-42)60-57(59-55)46-33-21-39-52-54(46)62-48-35-17-19-37-50(48)64(52,43-28-12-4-13-29-43)44-30-14-5-15-31-44/h1-30,32-39,44H,31H2. The predicted octanol–water partition coefficient (Wildman–Crippen LogP) is 8.82. The molecule has 0 spiro atoms. The lowest BCUT2D eigenvalue weighted by Crippen LogP contribution is -2.76. The van der Waals surface area contributed by atoms with Crippen LogP contribution in [-0.2, 0) is 0 Å². The van der Waals surface area contributed by atoms with Crippen LogP contribution in [-0.4, -0.2) is 31.1 Å². The lowest BCUT2D eigenvalue weighted by Gasteiger charge is -2.44. The van der Waals surface area contributed by atoms with Crippen molar-refractivity contribution in [3.8, 4) is 57.2 Å². The summed E-state index contributed by atoms with van der Waals surface area (Å²) in [7, 11) is -5.74. The Balaban J connectivity index is 1.12. The molecule has 12 rings (SSSR count). The van der Waals surface area contributed by atoms with Gasteiger partial charge in [0.25, 0.3) is 0 Å². The van der Waals surface area contributed by atoms with Gasteiger partial charge < -0.3 is 9.47 Å².